The van der Waals surface area contributed by atoms with Crippen molar-refractivity contribution in [3.63, 3.8) is 0 Å². The molecule has 1 fully saturated rings. The van der Waals surface area contributed by atoms with Crippen molar-refractivity contribution in [2.45, 2.75) is 58.1 Å². The van der Waals surface area contributed by atoms with Crippen LogP contribution in [-0.2, 0) is 0 Å². The largest absolute Gasteiger partial charge is 0.393 e. The molecule has 90 valence electrons. The predicted octanol–water partition coefficient (Wildman–Crippen LogP) is 2.69. The minimum Gasteiger partial charge on any atom is -0.393 e. The van der Waals surface area contributed by atoms with Gasteiger partial charge in [0.25, 0.3) is 0 Å². The number of aliphatic hydroxyl groups excluding tert-OH is 1. The number of aliphatic hydroxyl groups is 1. The van der Waals surface area contributed by atoms with Gasteiger partial charge in [-0.15, -0.1) is 0 Å². The minimum absolute atomic E-state index is 0.125. The minimum atomic E-state index is -0.125. The van der Waals surface area contributed by atoms with Crippen molar-refractivity contribution in [1.82, 2.24) is 9.55 Å². The highest BCUT2D eigenvalue weighted by Crippen LogP contribution is 2.37. The highest BCUT2D eigenvalue weighted by molar-refractivity contribution is 4.96. The average Bonchev–Trinajstić information content (AvgIpc) is 2.67. The molecule has 0 amide bonds. The maximum atomic E-state index is 9.82. The second kappa shape index (κ2) is 5.00. The molecular weight excluding hydrogens is 200 g/mol. The number of rotatable bonds is 3. The van der Waals surface area contributed by atoms with Crippen LogP contribution in [0.15, 0.2) is 12.4 Å². The monoisotopic (exact) mass is 222 g/mol. The second-order valence-corrected chi connectivity index (χ2v) is 4.96. The van der Waals surface area contributed by atoms with Crippen molar-refractivity contribution in [3.05, 3.63) is 18.2 Å². The molecular formula is C13H22N2O. The van der Waals surface area contributed by atoms with Crippen LogP contribution in [0.5, 0.6) is 0 Å². The highest BCUT2D eigenvalue weighted by Gasteiger charge is 2.30. The van der Waals surface area contributed by atoms with Gasteiger partial charge in [-0.3, -0.25) is 0 Å². The van der Waals surface area contributed by atoms with E-state index in [1.807, 2.05) is 13.1 Å². The van der Waals surface area contributed by atoms with Crippen LogP contribution >= 0.6 is 0 Å². The summed E-state index contributed by atoms with van der Waals surface area (Å²) in [6.07, 6.45) is 9.29. The molecule has 0 radical (unpaired) electrons. The van der Waals surface area contributed by atoms with Crippen molar-refractivity contribution < 1.29 is 5.11 Å². The summed E-state index contributed by atoms with van der Waals surface area (Å²) in [7, 11) is 0. The second-order valence-electron chi connectivity index (χ2n) is 4.96. The Hall–Kier alpha value is -0.830. The molecule has 1 heterocycles. The van der Waals surface area contributed by atoms with Gasteiger partial charge in [0, 0.05) is 18.4 Å². The lowest BCUT2D eigenvalue weighted by Gasteiger charge is -2.35. The summed E-state index contributed by atoms with van der Waals surface area (Å²) in [5.41, 5.74) is 0. The highest BCUT2D eigenvalue weighted by atomic mass is 16.3. The molecule has 0 aromatic carbocycles. The van der Waals surface area contributed by atoms with Crippen molar-refractivity contribution >= 4 is 0 Å². The zero-order valence-electron chi connectivity index (χ0n) is 10.3. The van der Waals surface area contributed by atoms with E-state index in [1.165, 1.54) is 12.8 Å². The van der Waals surface area contributed by atoms with Crippen LogP contribution in [0, 0.1) is 12.8 Å². The van der Waals surface area contributed by atoms with E-state index in [1.54, 1.807) is 0 Å². The first kappa shape index (κ1) is 11.6. The molecule has 3 nitrogen and oxygen atoms in total. The van der Waals surface area contributed by atoms with E-state index in [0.717, 1.165) is 25.1 Å². The summed E-state index contributed by atoms with van der Waals surface area (Å²) in [6.45, 7) is 4.28. The quantitative estimate of drug-likeness (QED) is 0.854. The number of aryl methyl sites for hydroxylation is 1. The third kappa shape index (κ3) is 2.29. The van der Waals surface area contributed by atoms with E-state index in [9.17, 15) is 5.11 Å². The number of hydrogen-bond acceptors (Lipinski definition) is 2. The molecule has 0 bridgehead atoms. The maximum absolute atomic E-state index is 9.82. The zero-order chi connectivity index (χ0) is 11.5. The number of aromatic nitrogens is 2. The number of imidazole rings is 1. The van der Waals surface area contributed by atoms with Crippen LogP contribution in [0.3, 0.4) is 0 Å². The SMILES string of the molecule is CCCC1CCC(O)CC1n1ccnc1C. The first-order chi connectivity index (χ1) is 7.72. The molecule has 0 saturated heterocycles. The smallest absolute Gasteiger partial charge is 0.105 e. The molecule has 3 unspecified atom stereocenters. The molecule has 0 spiro atoms. The van der Waals surface area contributed by atoms with E-state index in [-0.39, 0.29) is 6.10 Å². The van der Waals surface area contributed by atoms with Gasteiger partial charge >= 0.3 is 0 Å². The molecule has 16 heavy (non-hydrogen) atoms. The fourth-order valence-electron chi connectivity index (χ4n) is 2.97. The first-order valence-electron chi connectivity index (χ1n) is 6.40. The van der Waals surface area contributed by atoms with Gasteiger partial charge in [-0.25, -0.2) is 4.98 Å². The van der Waals surface area contributed by atoms with Crippen LogP contribution in [-0.4, -0.2) is 20.8 Å². The van der Waals surface area contributed by atoms with Crippen molar-refractivity contribution in [2.24, 2.45) is 5.92 Å². The summed E-state index contributed by atoms with van der Waals surface area (Å²) >= 11 is 0. The van der Waals surface area contributed by atoms with Gasteiger partial charge in [0.1, 0.15) is 5.82 Å². The molecule has 1 aliphatic carbocycles. The predicted molar refractivity (Wildman–Crippen MR) is 64.3 cm³/mol. The van der Waals surface area contributed by atoms with Crippen molar-refractivity contribution in [1.29, 1.82) is 0 Å². The summed E-state index contributed by atoms with van der Waals surface area (Å²) in [4.78, 5) is 4.29. The van der Waals surface area contributed by atoms with Crippen molar-refractivity contribution in [2.75, 3.05) is 0 Å². The van der Waals surface area contributed by atoms with Gasteiger partial charge in [-0.1, -0.05) is 13.3 Å². The van der Waals surface area contributed by atoms with Gasteiger partial charge < -0.3 is 9.67 Å². The van der Waals surface area contributed by atoms with Crippen molar-refractivity contribution in [3.8, 4) is 0 Å². The van der Waals surface area contributed by atoms with Crippen LogP contribution in [0.1, 0.15) is 50.9 Å². The Morgan fingerprint density at radius 1 is 1.50 bits per heavy atom. The summed E-state index contributed by atoms with van der Waals surface area (Å²) < 4.78 is 2.25. The zero-order valence-corrected chi connectivity index (χ0v) is 10.3. The molecule has 3 atom stereocenters. The van der Waals surface area contributed by atoms with Gasteiger partial charge in [0.05, 0.1) is 6.10 Å². The molecule has 0 aliphatic heterocycles. The summed E-state index contributed by atoms with van der Waals surface area (Å²) in [5, 5.41) is 9.82. The molecule has 1 aromatic heterocycles. The van der Waals surface area contributed by atoms with E-state index in [2.05, 4.69) is 22.7 Å². The Kier molecular flexibility index (Phi) is 3.64. The van der Waals surface area contributed by atoms with Crippen LogP contribution in [0.25, 0.3) is 0 Å². The first-order valence-corrected chi connectivity index (χ1v) is 6.40. The fraction of sp³-hybridized carbons (Fsp3) is 0.769. The standard InChI is InChI=1S/C13H22N2O/c1-3-4-11-5-6-12(16)9-13(11)15-8-7-14-10(15)2/h7-8,11-13,16H,3-6,9H2,1-2H3. The lowest BCUT2D eigenvalue weighted by molar-refractivity contribution is 0.0687. The lowest BCUT2D eigenvalue weighted by Crippen LogP contribution is -2.30. The van der Waals surface area contributed by atoms with Gasteiger partial charge in [0.2, 0.25) is 0 Å². The molecule has 1 N–H and O–H groups in total. The van der Waals surface area contributed by atoms with Crippen LogP contribution in [0.4, 0.5) is 0 Å². The van der Waals surface area contributed by atoms with E-state index >= 15 is 0 Å². The third-order valence-corrected chi connectivity index (χ3v) is 3.81. The molecule has 2 rings (SSSR count). The fourth-order valence-corrected chi connectivity index (χ4v) is 2.97. The maximum Gasteiger partial charge on any atom is 0.105 e. The normalized spacial score (nSPS) is 30.6. The van der Waals surface area contributed by atoms with Gasteiger partial charge in [-0.2, -0.15) is 0 Å². The molecule has 1 aromatic rings. The number of hydrogen-bond donors (Lipinski definition) is 1. The Balaban J connectivity index is 2.17. The lowest BCUT2D eigenvalue weighted by atomic mass is 9.80. The van der Waals surface area contributed by atoms with Crippen LogP contribution in [0.2, 0.25) is 0 Å². The average molecular weight is 222 g/mol. The Morgan fingerprint density at radius 3 is 2.94 bits per heavy atom. The topological polar surface area (TPSA) is 38.0 Å². The van der Waals surface area contributed by atoms with E-state index in [4.69, 9.17) is 0 Å². The number of nitrogens with zero attached hydrogens (tertiary/aromatic N) is 2. The van der Waals surface area contributed by atoms with Crippen LogP contribution < -0.4 is 0 Å². The third-order valence-electron chi connectivity index (χ3n) is 3.81. The molecule has 1 saturated carbocycles. The molecule has 3 heteroatoms. The Bertz CT molecular complexity index is 334. The molecule has 1 aliphatic rings. The van der Waals surface area contributed by atoms with E-state index < -0.39 is 0 Å². The van der Waals surface area contributed by atoms with E-state index in [0.29, 0.717) is 12.0 Å². The van der Waals surface area contributed by atoms with Gasteiger partial charge in [0.15, 0.2) is 0 Å². The Labute approximate surface area is 97.5 Å². The summed E-state index contributed by atoms with van der Waals surface area (Å²) in [6, 6.07) is 0.450. The summed E-state index contributed by atoms with van der Waals surface area (Å²) in [5.74, 6) is 1.78. The Morgan fingerprint density at radius 2 is 2.31 bits per heavy atom. The van der Waals surface area contributed by atoms with Gasteiger partial charge in [-0.05, 0) is 38.5 Å².